The van der Waals surface area contributed by atoms with E-state index < -0.39 is 12.1 Å². The molecule has 2 N–H and O–H groups in total. The van der Waals surface area contributed by atoms with E-state index in [1.165, 1.54) is 5.56 Å². The maximum Gasteiger partial charge on any atom is 0.490 e. The van der Waals surface area contributed by atoms with Crippen LogP contribution in [0.4, 0.5) is 13.2 Å². The zero-order valence-corrected chi connectivity index (χ0v) is 11.5. The number of rotatable bonds is 0. The molecule has 3 rings (SSSR count). The van der Waals surface area contributed by atoms with E-state index in [2.05, 4.69) is 5.32 Å². The lowest BCUT2D eigenvalue weighted by Gasteiger charge is -2.27. The number of halogens is 4. The van der Waals surface area contributed by atoms with E-state index in [0.29, 0.717) is 12.0 Å². The van der Waals surface area contributed by atoms with Gasteiger partial charge in [0.15, 0.2) is 0 Å². The third-order valence-corrected chi connectivity index (χ3v) is 3.54. The summed E-state index contributed by atoms with van der Waals surface area (Å²) in [6.07, 6.45) is -3.63. The number of ether oxygens (including phenoxy) is 1. The molecule has 0 aliphatic carbocycles. The van der Waals surface area contributed by atoms with Crippen LogP contribution in [0.25, 0.3) is 0 Å². The Morgan fingerprint density at radius 2 is 2.05 bits per heavy atom. The van der Waals surface area contributed by atoms with Crippen LogP contribution >= 0.6 is 11.6 Å². The summed E-state index contributed by atoms with van der Waals surface area (Å²) in [7, 11) is 0. The smallest absolute Gasteiger partial charge is 0.488 e. The fourth-order valence-electron chi connectivity index (χ4n) is 2.32. The van der Waals surface area contributed by atoms with Gasteiger partial charge in [0.25, 0.3) is 0 Å². The van der Waals surface area contributed by atoms with Gasteiger partial charge in [-0.05, 0) is 30.2 Å². The zero-order valence-electron chi connectivity index (χ0n) is 10.8. The van der Waals surface area contributed by atoms with Crippen molar-refractivity contribution in [2.45, 2.75) is 18.7 Å². The minimum Gasteiger partial charge on any atom is -0.488 e. The highest BCUT2D eigenvalue weighted by Crippen LogP contribution is 2.33. The predicted molar refractivity (Wildman–Crippen MR) is 69.6 cm³/mol. The molecule has 1 aromatic carbocycles. The van der Waals surface area contributed by atoms with Gasteiger partial charge < -0.3 is 15.2 Å². The molecule has 8 heteroatoms. The molecular formula is C13H13ClF3NO3. The maximum atomic E-state index is 10.6. The molecule has 1 aromatic rings. The molecule has 2 atom stereocenters. The number of nitrogens with one attached hydrogen (secondary N) is 1. The fourth-order valence-corrected chi connectivity index (χ4v) is 2.51. The lowest BCUT2D eigenvalue weighted by molar-refractivity contribution is -0.192. The Hall–Kier alpha value is -1.47. The summed E-state index contributed by atoms with van der Waals surface area (Å²) >= 11 is 5.95. The molecule has 1 saturated heterocycles. The van der Waals surface area contributed by atoms with E-state index in [9.17, 15) is 13.2 Å². The summed E-state index contributed by atoms with van der Waals surface area (Å²) in [5, 5.41) is 11.3. The molecule has 0 aromatic heterocycles. The van der Waals surface area contributed by atoms with Gasteiger partial charge >= 0.3 is 12.1 Å². The molecule has 0 saturated carbocycles. The Morgan fingerprint density at radius 1 is 1.38 bits per heavy atom. The molecule has 0 bridgehead atoms. The number of carboxylic acid groups (broad SMARTS) is 1. The average Bonchev–Trinajstić information content (AvgIpc) is 2.82. The van der Waals surface area contributed by atoms with E-state index in [1.54, 1.807) is 0 Å². The fraction of sp³-hybridized carbons (Fsp3) is 0.462. The van der Waals surface area contributed by atoms with Gasteiger partial charge in [-0.2, -0.15) is 13.2 Å². The standard InChI is InChI=1S/C11H12ClNO.C2HF3O2/c12-9-1-2-10-7(4-9)3-8-5-13-6-11(8)14-10;3-2(4,5)1(6)7/h1-2,4,8,11,13H,3,5-6H2;(H,6,7)/t8-,11-;/m1./s1. The van der Waals surface area contributed by atoms with Crippen molar-refractivity contribution in [3.63, 3.8) is 0 Å². The molecule has 0 radical (unpaired) electrons. The summed E-state index contributed by atoms with van der Waals surface area (Å²) in [6.45, 7) is 2.04. The lowest BCUT2D eigenvalue weighted by Crippen LogP contribution is -2.31. The number of hydrogen-bond acceptors (Lipinski definition) is 3. The minimum atomic E-state index is -5.08. The molecule has 21 heavy (non-hydrogen) atoms. The van der Waals surface area contributed by atoms with Crippen LogP contribution in [-0.4, -0.2) is 36.4 Å². The topological polar surface area (TPSA) is 58.6 Å². The van der Waals surface area contributed by atoms with Crippen molar-refractivity contribution in [2.24, 2.45) is 5.92 Å². The second-order valence-corrected chi connectivity index (χ2v) is 5.27. The molecule has 0 spiro atoms. The Bertz CT molecular complexity index is 536. The number of hydrogen-bond donors (Lipinski definition) is 2. The second-order valence-electron chi connectivity index (χ2n) is 4.83. The quantitative estimate of drug-likeness (QED) is 0.770. The number of alkyl halides is 3. The van der Waals surface area contributed by atoms with Crippen LogP contribution in [0.15, 0.2) is 18.2 Å². The predicted octanol–water partition coefficient (Wildman–Crippen LogP) is 2.50. The first-order valence-corrected chi connectivity index (χ1v) is 6.61. The maximum absolute atomic E-state index is 10.6. The monoisotopic (exact) mass is 323 g/mol. The van der Waals surface area contributed by atoms with Crippen LogP contribution in [0.3, 0.4) is 0 Å². The first kappa shape index (κ1) is 15.9. The molecule has 2 aliphatic rings. The summed E-state index contributed by atoms with van der Waals surface area (Å²) < 4.78 is 37.6. The summed E-state index contributed by atoms with van der Waals surface area (Å²) in [4.78, 5) is 8.90. The van der Waals surface area contributed by atoms with Gasteiger partial charge in [-0.3, -0.25) is 0 Å². The van der Waals surface area contributed by atoms with Crippen molar-refractivity contribution < 1.29 is 27.8 Å². The number of carboxylic acids is 1. The number of carbonyl (C=O) groups is 1. The molecule has 0 unspecified atom stereocenters. The Kier molecular flexibility index (Phi) is 4.63. The number of benzene rings is 1. The van der Waals surface area contributed by atoms with Crippen LogP contribution in [0.5, 0.6) is 5.75 Å². The Balaban J connectivity index is 0.000000199. The third-order valence-electron chi connectivity index (χ3n) is 3.30. The first-order valence-electron chi connectivity index (χ1n) is 6.23. The van der Waals surface area contributed by atoms with Gasteiger partial charge in [0, 0.05) is 24.0 Å². The summed E-state index contributed by atoms with van der Waals surface area (Å²) in [5.41, 5.74) is 1.25. The van der Waals surface area contributed by atoms with Crippen molar-refractivity contribution in [2.75, 3.05) is 13.1 Å². The molecule has 1 fully saturated rings. The Morgan fingerprint density at radius 3 is 2.67 bits per heavy atom. The molecule has 2 heterocycles. The van der Waals surface area contributed by atoms with Crippen molar-refractivity contribution in [1.29, 1.82) is 0 Å². The summed E-state index contributed by atoms with van der Waals surface area (Å²) in [6, 6.07) is 5.89. The van der Waals surface area contributed by atoms with Crippen molar-refractivity contribution in [1.82, 2.24) is 5.32 Å². The average molecular weight is 324 g/mol. The first-order chi connectivity index (χ1) is 9.77. The van der Waals surface area contributed by atoms with Gasteiger partial charge in [0.05, 0.1) is 0 Å². The largest absolute Gasteiger partial charge is 0.490 e. The van der Waals surface area contributed by atoms with Gasteiger partial charge in [0.2, 0.25) is 0 Å². The molecular weight excluding hydrogens is 311 g/mol. The van der Waals surface area contributed by atoms with Crippen LogP contribution < -0.4 is 10.1 Å². The van der Waals surface area contributed by atoms with E-state index in [0.717, 1.165) is 30.3 Å². The molecule has 4 nitrogen and oxygen atoms in total. The second kappa shape index (κ2) is 6.11. The van der Waals surface area contributed by atoms with Gasteiger partial charge in [-0.1, -0.05) is 11.6 Å². The SMILES string of the molecule is Clc1ccc2c(c1)C[C@@H]1CNC[C@H]1O2.O=C(O)C(F)(F)F. The van der Waals surface area contributed by atoms with E-state index in [1.807, 2.05) is 18.2 Å². The highest BCUT2D eigenvalue weighted by molar-refractivity contribution is 6.30. The lowest BCUT2D eigenvalue weighted by atomic mass is 9.93. The number of fused-ring (bicyclic) bond motifs is 2. The Labute approximate surface area is 123 Å². The van der Waals surface area contributed by atoms with E-state index in [-0.39, 0.29) is 0 Å². The van der Waals surface area contributed by atoms with Crippen LogP contribution in [0.1, 0.15) is 5.56 Å². The third kappa shape index (κ3) is 4.01. The van der Waals surface area contributed by atoms with Crippen molar-refractivity contribution in [3.8, 4) is 5.75 Å². The van der Waals surface area contributed by atoms with Crippen molar-refractivity contribution >= 4 is 17.6 Å². The number of aliphatic carboxylic acids is 1. The normalized spacial score (nSPS) is 23.2. The van der Waals surface area contributed by atoms with Crippen molar-refractivity contribution in [3.05, 3.63) is 28.8 Å². The van der Waals surface area contributed by atoms with Crippen LogP contribution in [0, 0.1) is 5.92 Å². The minimum absolute atomic E-state index is 0.365. The van der Waals surface area contributed by atoms with Gasteiger partial charge in [0.1, 0.15) is 11.9 Å². The molecule has 2 aliphatic heterocycles. The molecule has 0 amide bonds. The summed E-state index contributed by atoms with van der Waals surface area (Å²) in [5.74, 6) is -1.12. The van der Waals surface area contributed by atoms with Crippen LogP contribution in [0.2, 0.25) is 5.02 Å². The van der Waals surface area contributed by atoms with Crippen LogP contribution in [-0.2, 0) is 11.2 Å². The highest BCUT2D eigenvalue weighted by atomic mass is 35.5. The highest BCUT2D eigenvalue weighted by Gasteiger charge is 2.38. The van der Waals surface area contributed by atoms with E-state index >= 15 is 0 Å². The van der Waals surface area contributed by atoms with Gasteiger partial charge in [-0.25, -0.2) is 4.79 Å². The van der Waals surface area contributed by atoms with Gasteiger partial charge in [-0.15, -0.1) is 0 Å². The zero-order chi connectivity index (χ0) is 15.6. The molecule has 116 valence electrons. The van der Waals surface area contributed by atoms with E-state index in [4.69, 9.17) is 26.2 Å².